The van der Waals surface area contributed by atoms with E-state index < -0.39 is 0 Å². The smallest absolute Gasteiger partial charge is 0.224 e. The number of benzene rings is 1. The molecule has 0 bridgehead atoms. The summed E-state index contributed by atoms with van der Waals surface area (Å²) in [5.74, 6) is 0.124. The van der Waals surface area contributed by atoms with Crippen molar-refractivity contribution in [1.29, 1.82) is 0 Å². The summed E-state index contributed by atoms with van der Waals surface area (Å²) in [5.41, 5.74) is 8.15. The van der Waals surface area contributed by atoms with Crippen LogP contribution in [0.25, 0.3) is 0 Å². The molecule has 0 atom stereocenters. The van der Waals surface area contributed by atoms with E-state index >= 15 is 0 Å². The molecule has 1 aliphatic carbocycles. The molecule has 0 heterocycles. The number of hydrogen-bond acceptors (Lipinski definition) is 2. The van der Waals surface area contributed by atoms with Crippen molar-refractivity contribution >= 4 is 5.91 Å². The topological polar surface area (TPSA) is 55.1 Å². The van der Waals surface area contributed by atoms with E-state index in [1.807, 2.05) is 24.3 Å². The van der Waals surface area contributed by atoms with Gasteiger partial charge in [-0.1, -0.05) is 29.8 Å². The second-order valence-electron chi connectivity index (χ2n) is 5.34. The first kappa shape index (κ1) is 13.1. The van der Waals surface area contributed by atoms with E-state index in [4.69, 9.17) is 5.73 Å². The second kappa shape index (κ2) is 6.01. The van der Waals surface area contributed by atoms with Crippen molar-refractivity contribution < 1.29 is 4.79 Å². The Morgan fingerprint density at radius 2 is 1.83 bits per heavy atom. The third-order valence-corrected chi connectivity index (χ3v) is 3.62. The van der Waals surface area contributed by atoms with Gasteiger partial charge in [0.25, 0.3) is 0 Å². The Morgan fingerprint density at radius 1 is 1.22 bits per heavy atom. The van der Waals surface area contributed by atoms with Crippen LogP contribution in [0.3, 0.4) is 0 Å². The van der Waals surface area contributed by atoms with E-state index in [0.717, 1.165) is 31.2 Å². The minimum Gasteiger partial charge on any atom is -0.353 e. The maximum atomic E-state index is 11.9. The molecule has 1 saturated carbocycles. The van der Waals surface area contributed by atoms with Gasteiger partial charge >= 0.3 is 0 Å². The van der Waals surface area contributed by atoms with Gasteiger partial charge in [-0.15, -0.1) is 0 Å². The van der Waals surface area contributed by atoms with Crippen molar-refractivity contribution in [2.24, 2.45) is 5.73 Å². The average molecular weight is 246 g/mol. The molecule has 18 heavy (non-hydrogen) atoms. The quantitative estimate of drug-likeness (QED) is 0.856. The Bertz CT molecular complexity index is 391. The number of carbonyl (C=O) groups is 1. The average Bonchev–Trinajstić information content (AvgIpc) is 2.35. The SMILES string of the molecule is Cc1ccc(CC(=O)NC2CCC(N)CC2)cc1. The van der Waals surface area contributed by atoms with Gasteiger partial charge in [0.2, 0.25) is 5.91 Å². The summed E-state index contributed by atoms with van der Waals surface area (Å²) in [6, 6.07) is 8.78. The molecule has 98 valence electrons. The van der Waals surface area contributed by atoms with Gasteiger partial charge in [-0.3, -0.25) is 4.79 Å². The van der Waals surface area contributed by atoms with Crippen LogP contribution >= 0.6 is 0 Å². The van der Waals surface area contributed by atoms with Crippen LogP contribution < -0.4 is 11.1 Å². The molecule has 0 unspecified atom stereocenters. The fourth-order valence-electron chi connectivity index (χ4n) is 2.43. The lowest BCUT2D eigenvalue weighted by Gasteiger charge is -2.26. The molecule has 0 spiro atoms. The first-order valence-electron chi connectivity index (χ1n) is 6.74. The molecule has 1 fully saturated rings. The summed E-state index contributed by atoms with van der Waals surface area (Å²) in [4.78, 5) is 11.9. The number of hydrogen-bond donors (Lipinski definition) is 2. The van der Waals surface area contributed by atoms with Crippen molar-refractivity contribution in [1.82, 2.24) is 5.32 Å². The highest BCUT2D eigenvalue weighted by Gasteiger charge is 2.19. The summed E-state index contributed by atoms with van der Waals surface area (Å²) >= 11 is 0. The van der Waals surface area contributed by atoms with Crippen molar-refractivity contribution in [3.05, 3.63) is 35.4 Å². The van der Waals surface area contributed by atoms with E-state index in [1.165, 1.54) is 5.56 Å². The van der Waals surface area contributed by atoms with Gasteiger partial charge in [0, 0.05) is 12.1 Å². The van der Waals surface area contributed by atoms with Crippen LogP contribution in [0.5, 0.6) is 0 Å². The molecule has 1 aromatic rings. The second-order valence-corrected chi connectivity index (χ2v) is 5.34. The summed E-state index contributed by atoms with van der Waals surface area (Å²) < 4.78 is 0. The predicted octanol–water partition coefficient (Wildman–Crippen LogP) is 1.92. The largest absolute Gasteiger partial charge is 0.353 e. The number of aryl methyl sites for hydroxylation is 1. The molecule has 0 aliphatic heterocycles. The zero-order chi connectivity index (χ0) is 13.0. The minimum atomic E-state index is 0.124. The first-order chi connectivity index (χ1) is 8.63. The monoisotopic (exact) mass is 246 g/mol. The molecule has 0 aromatic heterocycles. The highest BCUT2D eigenvalue weighted by atomic mass is 16.1. The van der Waals surface area contributed by atoms with Crippen molar-refractivity contribution in [3.8, 4) is 0 Å². The highest BCUT2D eigenvalue weighted by molar-refractivity contribution is 5.78. The van der Waals surface area contributed by atoms with Crippen molar-refractivity contribution in [2.75, 3.05) is 0 Å². The molecule has 1 aliphatic rings. The zero-order valence-electron chi connectivity index (χ0n) is 11.0. The Kier molecular flexibility index (Phi) is 4.37. The van der Waals surface area contributed by atoms with Gasteiger partial charge < -0.3 is 11.1 Å². The van der Waals surface area contributed by atoms with Crippen LogP contribution in [0.4, 0.5) is 0 Å². The zero-order valence-corrected chi connectivity index (χ0v) is 11.0. The lowest BCUT2D eigenvalue weighted by atomic mass is 9.91. The molecule has 1 amide bonds. The van der Waals surface area contributed by atoms with Gasteiger partial charge in [0.15, 0.2) is 0 Å². The Morgan fingerprint density at radius 3 is 2.44 bits per heavy atom. The van der Waals surface area contributed by atoms with Gasteiger partial charge in [0.1, 0.15) is 0 Å². The molecule has 3 nitrogen and oxygen atoms in total. The molecular weight excluding hydrogens is 224 g/mol. The fourth-order valence-corrected chi connectivity index (χ4v) is 2.43. The number of nitrogens with one attached hydrogen (secondary N) is 1. The summed E-state index contributed by atoms with van der Waals surface area (Å²) in [6.45, 7) is 2.05. The summed E-state index contributed by atoms with van der Waals surface area (Å²) in [7, 11) is 0. The van der Waals surface area contributed by atoms with Crippen LogP contribution in [0.2, 0.25) is 0 Å². The van der Waals surface area contributed by atoms with E-state index in [2.05, 4.69) is 12.2 Å². The summed E-state index contributed by atoms with van der Waals surface area (Å²) in [5, 5.41) is 3.11. The van der Waals surface area contributed by atoms with E-state index in [0.29, 0.717) is 18.5 Å². The third-order valence-electron chi connectivity index (χ3n) is 3.62. The lowest BCUT2D eigenvalue weighted by Crippen LogP contribution is -2.41. The molecule has 3 heteroatoms. The Balaban J connectivity index is 1.80. The maximum Gasteiger partial charge on any atom is 0.224 e. The van der Waals surface area contributed by atoms with E-state index in [-0.39, 0.29) is 5.91 Å². The van der Waals surface area contributed by atoms with Crippen LogP contribution in [0.15, 0.2) is 24.3 Å². The van der Waals surface area contributed by atoms with E-state index in [1.54, 1.807) is 0 Å². The van der Waals surface area contributed by atoms with Gasteiger partial charge in [-0.05, 0) is 38.2 Å². The Hall–Kier alpha value is -1.35. The molecule has 0 radical (unpaired) electrons. The standard InChI is InChI=1S/C15H22N2O/c1-11-2-4-12(5-3-11)10-15(18)17-14-8-6-13(16)7-9-14/h2-5,13-14H,6-10,16H2,1H3,(H,17,18). The predicted molar refractivity (Wildman–Crippen MR) is 73.3 cm³/mol. The van der Waals surface area contributed by atoms with E-state index in [9.17, 15) is 4.79 Å². The minimum absolute atomic E-state index is 0.124. The number of amides is 1. The van der Waals surface area contributed by atoms with Crippen LogP contribution in [0, 0.1) is 6.92 Å². The van der Waals surface area contributed by atoms with Gasteiger partial charge in [0.05, 0.1) is 6.42 Å². The molecule has 0 saturated heterocycles. The maximum absolute atomic E-state index is 11.9. The Labute approximate surface area is 109 Å². The van der Waals surface area contributed by atoms with Gasteiger partial charge in [-0.25, -0.2) is 0 Å². The number of nitrogens with two attached hydrogens (primary N) is 1. The summed E-state index contributed by atoms with van der Waals surface area (Å²) in [6.07, 6.45) is 4.55. The van der Waals surface area contributed by atoms with Crippen LogP contribution in [0.1, 0.15) is 36.8 Å². The molecule has 2 rings (SSSR count). The third kappa shape index (κ3) is 3.84. The van der Waals surface area contributed by atoms with Crippen molar-refractivity contribution in [2.45, 2.75) is 51.1 Å². The number of rotatable bonds is 3. The highest BCUT2D eigenvalue weighted by Crippen LogP contribution is 2.17. The van der Waals surface area contributed by atoms with Crippen molar-refractivity contribution in [3.63, 3.8) is 0 Å². The van der Waals surface area contributed by atoms with Crippen LogP contribution in [-0.2, 0) is 11.2 Å². The lowest BCUT2D eigenvalue weighted by molar-refractivity contribution is -0.121. The number of carbonyl (C=O) groups excluding carboxylic acids is 1. The molecule has 1 aromatic carbocycles. The van der Waals surface area contributed by atoms with Crippen LogP contribution in [-0.4, -0.2) is 18.0 Å². The fraction of sp³-hybridized carbons (Fsp3) is 0.533. The first-order valence-corrected chi connectivity index (χ1v) is 6.74. The normalized spacial score (nSPS) is 23.7. The van der Waals surface area contributed by atoms with Gasteiger partial charge in [-0.2, -0.15) is 0 Å². The molecule has 3 N–H and O–H groups in total. The molecular formula is C15H22N2O.